The number of aryl methyl sites for hydroxylation is 1. The number of hydrogen-bond acceptors (Lipinski definition) is 2. The third-order valence-corrected chi connectivity index (χ3v) is 3.55. The maximum Gasteiger partial charge on any atom is 0.146 e. The van der Waals surface area contributed by atoms with E-state index in [1.54, 1.807) is 0 Å². The summed E-state index contributed by atoms with van der Waals surface area (Å²) in [5.41, 5.74) is 9.14. The maximum atomic E-state index is 6.23. The first kappa shape index (κ1) is 13.9. The fraction of sp³-hybridized carbons (Fsp3) is 0.250. The van der Waals surface area contributed by atoms with Gasteiger partial charge in [-0.2, -0.15) is 0 Å². The van der Waals surface area contributed by atoms with E-state index in [2.05, 4.69) is 13.0 Å². The Bertz CT molecular complexity index is 593. The van der Waals surface area contributed by atoms with Crippen LogP contribution in [-0.4, -0.2) is 0 Å². The van der Waals surface area contributed by atoms with Gasteiger partial charge in [0.1, 0.15) is 11.5 Å². The molecule has 0 aliphatic rings. The summed E-state index contributed by atoms with van der Waals surface area (Å²) in [6.07, 6.45) is 0. The lowest BCUT2D eigenvalue weighted by molar-refractivity contribution is 0.478. The molecule has 2 N–H and O–H groups in total. The van der Waals surface area contributed by atoms with Crippen molar-refractivity contribution in [1.29, 1.82) is 0 Å². The van der Waals surface area contributed by atoms with Gasteiger partial charge in [-0.25, -0.2) is 0 Å². The summed E-state index contributed by atoms with van der Waals surface area (Å²) in [6.45, 7) is 6.02. The molecule has 1 unspecified atom stereocenters. The van der Waals surface area contributed by atoms with Gasteiger partial charge in [-0.05, 0) is 55.7 Å². The highest BCUT2D eigenvalue weighted by molar-refractivity contribution is 6.32. The Kier molecular flexibility index (Phi) is 4.13. The Morgan fingerprint density at radius 1 is 1.11 bits per heavy atom. The Morgan fingerprint density at radius 2 is 1.84 bits per heavy atom. The molecule has 0 aliphatic heterocycles. The first-order valence-electron chi connectivity index (χ1n) is 6.28. The van der Waals surface area contributed by atoms with Crippen LogP contribution >= 0.6 is 11.6 Å². The third kappa shape index (κ3) is 3.09. The van der Waals surface area contributed by atoms with Gasteiger partial charge in [0, 0.05) is 6.04 Å². The Hall–Kier alpha value is -1.51. The molecule has 2 aromatic rings. The van der Waals surface area contributed by atoms with E-state index in [9.17, 15) is 0 Å². The van der Waals surface area contributed by atoms with E-state index in [1.165, 1.54) is 5.56 Å². The summed E-state index contributed by atoms with van der Waals surface area (Å²) in [4.78, 5) is 0. The molecule has 3 heteroatoms. The average Bonchev–Trinajstić information content (AvgIpc) is 2.37. The summed E-state index contributed by atoms with van der Waals surface area (Å²) < 4.78 is 5.88. The summed E-state index contributed by atoms with van der Waals surface area (Å²) in [7, 11) is 0. The quantitative estimate of drug-likeness (QED) is 0.876. The molecule has 0 aromatic heterocycles. The van der Waals surface area contributed by atoms with Crippen molar-refractivity contribution in [3.63, 3.8) is 0 Å². The van der Waals surface area contributed by atoms with E-state index in [0.717, 1.165) is 16.9 Å². The van der Waals surface area contributed by atoms with Crippen LogP contribution in [0.15, 0.2) is 36.4 Å². The molecule has 0 heterocycles. The van der Waals surface area contributed by atoms with Crippen molar-refractivity contribution in [3.8, 4) is 11.5 Å². The van der Waals surface area contributed by atoms with Crippen molar-refractivity contribution in [2.75, 3.05) is 0 Å². The highest BCUT2D eigenvalue weighted by Gasteiger charge is 2.09. The van der Waals surface area contributed by atoms with E-state index in [0.29, 0.717) is 10.8 Å². The van der Waals surface area contributed by atoms with Crippen LogP contribution in [-0.2, 0) is 0 Å². The molecule has 1 atom stereocenters. The number of halogens is 1. The van der Waals surface area contributed by atoms with E-state index in [-0.39, 0.29) is 6.04 Å². The van der Waals surface area contributed by atoms with E-state index in [4.69, 9.17) is 22.1 Å². The number of nitrogens with two attached hydrogens (primary N) is 1. The van der Waals surface area contributed by atoms with Gasteiger partial charge in [0.2, 0.25) is 0 Å². The minimum absolute atomic E-state index is 0.0349. The van der Waals surface area contributed by atoms with Gasteiger partial charge in [0.05, 0.1) is 5.02 Å². The molecular formula is C16H18ClNO. The van der Waals surface area contributed by atoms with Crippen molar-refractivity contribution in [1.82, 2.24) is 0 Å². The van der Waals surface area contributed by atoms with Crippen LogP contribution in [0.2, 0.25) is 5.02 Å². The first-order chi connectivity index (χ1) is 8.99. The molecule has 0 radical (unpaired) electrons. The molecule has 2 nitrogen and oxygen atoms in total. The average molecular weight is 276 g/mol. The minimum Gasteiger partial charge on any atom is -0.456 e. The van der Waals surface area contributed by atoms with E-state index >= 15 is 0 Å². The van der Waals surface area contributed by atoms with Crippen LogP contribution in [0.5, 0.6) is 11.5 Å². The lowest BCUT2D eigenvalue weighted by Crippen LogP contribution is -2.04. The van der Waals surface area contributed by atoms with Gasteiger partial charge >= 0.3 is 0 Å². The normalized spacial score (nSPS) is 12.3. The third-order valence-electron chi connectivity index (χ3n) is 3.26. The number of rotatable bonds is 3. The molecule has 0 spiro atoms. The first-order valence-corrected chi connectivity index (χ1v) is 6.66. The second-order valence-electron chi connectivity index (χ2n) is 4.78. The molecule has 0 amide bonds. The maximum absolute atomic E-state index is 6.23. The van der Waals surface area contributed by atoms with Crippen molar-refractivity contribution in [2.45, 2.75) is 26.8 Å². The van der Waals surface area contributed by atoms with Crippen LogP contribution in [0.4, 0.5) is 0 Å². The Labute approximate surface area is 119 Å². The van der Waals surface area contributed by atoms with Gasteiger partial charge in [0.25, 0.3) is 0 Å². The zero-order valence-corrected chi connectivity index (χ0v) is 12.2. The second-order valence-corrected chi connectivity index (χ2v) is 5.19. The lowest BCUT2D eigenvalue weighted by Gasteiger charge is -2.13. The predicted molar refractivity (Wildman–Crippen MR) is 80.0 cm³/mol. The fourth-order valence-corrected chi connectivity index (χ4v) is 2.06. The van der Waals surface area contributed by atoms with Crippen LogP contribution in [0.1, 0.15) is 29.7 Å². The smallest absolute Gasteiger partial charge is 0.146 e. The molecule has 19 heavy (non-hydrogen) atoms. The molecule has 0 saturated heterocycles. The summed E-state index contributed by atoms with van der Waals surface area (Å²) in [5.74, 6) is 1.48. The van der Waals surface area contributed by atoms with Crippen molar-refractivity contribution >= 4 is 11.6 Å². The topological polar surface area (TPSA) is 35.2 Å². The minimum atomic E-state index is -0.0349. The molecule has 0 saturated carbocycles. The van der Waals surface area contributed by atoms with E-state index in [1.807, 2.05) is 44.2 Å². The SMILES string of the molecule is Cc1cccc(Oc2ccc(C(C)N)cc2Cl)c1C. The van der Waals surface area contributed by atoms with Crippen molar-refractivity contribution < 1.29 is 4.74 Å². The lowest BCUT2D eigenvalue weighted by atomic mass is 10.1. The summed E-state index contributed by atoms with van der Waals surface area (Å²) in [5, 5.41) is 0.579. The standard InChI is InChI=1S/C16H18ClNO/c1-10-5-4-6-15(11(10)2)19-16-8-7-13(12(3)18)9-14(16)17/h4-9,12H,18H2,1-3H3. The number of ether oxygens (including phenoxy) is 1. The van der Waals surface area contributed by atoms with Gasteiger partial charge in [-0.3, -0.25) is 0 Å². The van der Waals surface area contributed by atoms with Gasteiger partial charge in [-0.1, -0.05) is 29.8 Å². The monoisotopic (exact) mass is 275 g/mol. The van der Waals surface area contributed by atoms with Crippen molar-refractivity contribution in [3.05, 3.63) is 58.1 Å². The largest absolute Gasteiger partial charge is 0.456 e. The van der Waals surface area contributed by atoms with Crippen LogP contribution < -0.4 is 10.5 Å². The molecule has 0 aliphatic carbocycles. The molecule has 2 aromatic carbocycles. The summed E-state index contributed by atoms with van der Waals surface area (Å²) in [6, 6.07) is 11.6. The molecule has 0 fully saturated rings. The fourth-order valence-electron chi connectivity index (χ4n) is 1.84. The zero-order valence-electron chi connectivity index (χ0n) is 11.4. The van der Waals surface area contributed by atoms with Crippen LogP contribution in [0.3, 0.4) is 0 Å². The molecule has 0 bridgehead atoms. The number of hydrogen-bond donors (Lipinski definition) is 1. The Morgan fingerprint density at radius 3 is 2.47 bits per heavy atom. The molecule has 100 valence electrons. The number of benzene rings is 2. The van der Waals surface area contributed by atoms with Crippen LogP contribution in [0, 0.1) is 13.8 Å². The Balaban J connectivity index is 2.31. The highest BCUT2D eigenvalue weighted by Crippen LogP contribution is 2.33. The summed E-state index contributed by atoms with van der Waals surface area (Å²) >= 11 is 6.23. The van der Waals surface area contributed by atoms with E-state index < -0.39 is 0 Å². The predicted octanol–water partition coefficient (Wildman–Crippen LogP) is 4.77. The highest BCUT2D eigenvalue weighted by atomic mass is 35.5. The van der Waals surface area contributed by atoms with Gasteiger partial charge in [0.15, 0.2) is 0 Å². The molecular weight excluding hydrogens is 258 g/mol. The van der Waals surface area contributed by atoms with Crippen molar-refractivity contribution in [2.24, 2.45) is 5.73 Å². The van der Waals surface area contributed by atoms with Crippen LogP contribution in [0.25, 0.3) is 0 Å². The zero-order chi connectivity index (χ0) is 14.0. The van der Waals surface area contributed by atoms with Gasteiger partial charge in [-0.15, -0.1) is 0 Å². The van der Waals surface area contributed by atoms with Gasteiger partial charge < -0.3 is 10.5 Å². The molecule has 2 rings (SSSR count). The second kappa shape index (κ2) is 5.64.